The molecule has 2 unspecified atom stereocenters. The van der Waals surface area contributed by atoms with Crippen molar-refractivity contribution < 1.29 is 4.79 Å². The Kier molecular flexibility index (Phi) is 2.95. The van der Waals surface area contributed by atoms with Gasteiger partial charge in [0.2, 0.25) is 0 Å². The summed E-state index contributed by atoms with van der Waals surface area (Å²) in [5, 5.41) is 0. The molecule has 0 aromatic rings. The Morgan fingerprint density at radius 3 is 2.56 bits per heavy atom. The van der Waals surface area contributed by atoms with Gasteiger partial charge in [0.1, 0.15) is 11.4 Å². The minimum atomic E-state index is -0.329. The van der Waals surface area contributed by atoms with Crippen molar-refractivity contribution in [2.24, 2.45) is 28.0 Å². The molecule has 0 aromatic carbocycles. The van der Waals surface area contributed by atoms with Gasteiger partial charge in [-0.2, -0.15) is 4.99 Å². The molecule has 18 heavy (non-hydrogen) atoms. The summed E-state index contributed by atoms with van der Waals surface area (Å²) in [7, 11) is 0. The number of carbonyl (C=O) groups excluding carboxylic acids is 1. The van der Waals surface area contributed by atoms with Crippen molar-refractivity contribution in [3.8, 4) is 0 Å². The van der Waals surface area contributed by atoms with E-state index < -0.39 is 0 Å². The van der Waals surface area contributed by atoms with Gasteiger partial charge in [-0.3, -0.25) is 0 Å². The zero-order chi connectivity index (χ0) is 13.7. The molecule has 1 heterocycles. The first kappa shape index (κ1) is 13.4. The van der Waals surface area contributed by atoms with Crippen LogP contribution in [0, 0.1) is 17.3 Å². The molecule has 2 rings (SSSR count). The van der Waals surface area contributed by atoms with Crippen LogP contribution in [0.15, 0.2) is 4.99 Å². The lowest BCUT2D eigenvalue weighted by molar-refractivity contribution is 0.136. The number of rotatable bonds is 2. The summed E-state index contributed by atoms with van der Waals surface area (Å²) in [6, 6.07) is -0.147. The number of carbonyl (C=O) groups is 1. The first-order valence-corrected chi connectivity index (χ1v) is 6.85. The average Bonchev–Trinajstić information content (AvgIpc) is 2.56. The van der Waals surface area contributed by atoms with Gasteiger partial charge in [-0.05, 0) is 30.1 Å². The van der Waals surface area contributed by atoms with Crippen molar-refractivity contribution in [3.63, 3.8) is 0 Å². The largest absolute Gasteiger partial charge is 0.385 e. The summed E-state index contributed by atoms with van der Waals surface area (Å²) in [5.74, 6) is 1.34. The Bertz CT molecular complexity index is 400. The van der Waals surface area contributed by atoms with Crippen LogP contribution in [0.3, 0.4) is 0 Å². The molecule has 1 spiro atoms. The van der Waals surface area contributed by atoms with E-state index >= 15 is 0 Å². The molecule has 4 heteroatoms. The van der Waals surface area contributed by atoms with E-state index in [9.17, 15) is 4.79 Å². The van der Waals surface area contributed by atoms with Crippen LogP contribution in [0.2, 0.25) is 0 Å². The summed E-state index contributed by atoms with van der Waals surface area (Å²) in [6.45, 7) is 11.7. The molecular formula is C14H25N3O. The normalized spacial score (nSPS) is 34.8. The van der Waals surface area contributed by atoms with Gasteiger partial charge in [0.05, 0.1) is 0 Å². The second-order valence-corrected chi connectivity index (χ2v) is 7.15. The maximum Gasteiger partial charge on any atom is 0.346 e. The van der Waals surface area contributed by atoms with Crippen molar-refractivity contribution in [1.82, 2.24) is 4.90 Å². The molecule has 1 saturated carbocycles. The number of urea groups is 1. The molecule has 1 fully saturated rings. The maximum atomic E-state index is 12.1. The van der Waals surface area contributed by atoms with Gasteiger partial charge in [-0.15, -0.1) is 0 Å². The lowest BCUT2D eigenvalue weighted by Crippen LogP contribution is -2.57. The van der Waals surface area contributed by atoms with Gasteiger partial charge in [0.25, 0.3) is 0 Å². The number of amidine groups is 1. The molecule has 2 aliphatic rings. The van der Waals surface area contributed by atoms with Gasteiger partial charge in [0.15, 0.2) is 0 Å². The van der Waals surface area contributed by atoms with Gasteiger partial charge in [0, 0.05) is 6.54 Å². The number of aliphatic imine (C=N–C) groups is 1. The van der Waals surface area contributed by atoms with Crippen molar-refractivity contribution in [2.75, 3.05) is 6.54 Å². The molecule has 4 nitrogen and oxygen atoms in total. The quantitative estimate of drug-likeness (QED) is 0.820. The zero-order valence-corrected chi connectivity index (χ0v) is 12.2. The highest BCUT2D eigenvalue weighted by Gasteiger charge is 2.59. The Morgan fingerprint density at radius 2 is 2.11 bits per heavy atom. The number of nitrogens with zero attached hydrogens (tertiary/aromatic N) is 2. The molecule has 0 radical (unpaired) electrons. The standard InChI is InChI=1S/C14H25N3O/c1-9(2)7-17-12(18)16-11(15)14(17)8-13(4,5)6-10(14)3/h9-10H,6-8H2,1-5H3,(H2,15,16,18). The molecule has 102 valence electrons. The van der Waals surface area contributed by atoms with E-state index in [0.29, 0.717) is 17.7 Å². The van der Waals surface area contributed by atoms with E-state index in [-0.39, 0.29) is 17.0 Å². The topological polar surface area (TPSA) is 58.7 Å². The third-order valence-corrected chi connectivity index (χ3v) is 4.34. The van der Waals surface area contributed by atoms with Gasteiger partial charge in [-0.25, -0.2) is 4.79 Å². The van der Waals surface area contributed by atoms with Crippen LogP contribution in [0.5, 0.6) is 0 Å². The molecule has 0 bridgehead atoms. The van der Waals surface area contributed by atoms with Crippen molar-refractivity contribution >= 4 is 11.9 Å². The second kappa shape index (κ2) is 3.97. The zero-order valence-electron chi connectivity index (χ0n) is 12.2. The van der Waals surface area contributed by atoms with Crippen molar-refractivity contribution in [3.05, 3.63) is 0 Å². The predicted molar refractivity (Wildman–Crippen MR) is 73.5 cm³/mol. The van der Waals surface area contributed by atoms with Crippen LogP contribution in [-0.2, 0) is 0 Å². The summed E-state index contributed by atoms with van der Waals surface area (Å²) < 4.78 is 0. The van der Waals surface area contributed by atoms with Crippen LogP contribution in [0.4, 0.5) is 4.79 Å². The summed E-state index contributed by atoms with van der Waals surface area (Å²) in [5.41, 5.74) is 6.02. The minimum absolute atomic E-state index is 0.147. The highest BCUT2D eigenvalue weighted by atomic mass is 16.2. The van der Waals surface area contributed by atoms with Crippen LogP contribution in [0.25, 0.3) is 0 Å². The van der Waals surface area contributed by atoms with Crippen LogP contribution < -0.4 is 5.73 Å². The monoisotopic (exact) mass is 251 g/mol. The number of amides is 2. The van der Waals surface area contributed by atoms with Gasteiger partial charge in [-0.1, -0.05) is 34.6 Å². The molecule has 0 saturated heterocycles. The Labute approximate surface area is 110 Å². The first-order valence-electron chi connectivity index (χ1n) is 6.85. The number of nitrogens with two attached hydrogens (primary N) is 1. The third-order valence-electron chi connectivity index (χ3n) is 4.34. The van der Waals surface area contributed by atoms with E-state index in [1.54, 1.807) is 0 Å². The fourth-order valence-electron chi connectivity index (χ4n) is 3.85. The first-order chi connectivity index (χ1) is 8.19. The van der Waals surface area contributed by atoms with Crippen LogP contribution in [-0.4, -0.2) is 28.9 Å². The molecule has 0 aromatic heterocycles. The number of hydrogen-bond donors (Lipinski definition) is 1. The predicted octanol–water partition coefficient (Wildman–Crippen LogP) is 2.63. The van der Waals surface area contributed by atoms with Crippen LogP contribution in [0.1, 0.15) is 47.5 Å². The van der Waals surface area contributed by atoms with E-state index in [1.807, 2.05) is 4.90 Å². The third kappa shape index (κ3) is 1.82. The number of hydrogen-bond acceptors (Lipinski definition) is 2. The highest BCUT2D eigenvalue weighted by Crippen LogP contribution is 2.52. The van der Waals surface area contributed by atoms with Crippen molar-refractivity contribution in [1.29, 1.82) is 0 Å². The SMILES string of the molecule is CC(C)CN1C(=O)N=C(N)C12CC(C)(C)CC2C. The Hall–Kier alpha value is -1.06. The van der Waals surface area contributed by atoms with Crippen molar-refractivity contribution in [2.45, 2.75) is 53.0 Å². The average molecular weight is 251 g/mol. The molecule has 2 N–H and O–H groups in total. The lowest BCUT2D eigenvalue weighted by Gasteiger charge is -2.39. The Morgan fingerprint density at radius 1 is 1.50 bits per heavy atom. The van der Waals surface area contributed by atoms with Gasteiger partial charge < -0.3 is 10.6 Å². The lowest BCUT2D eigenvalue weighted by atomic mass is 9.84. The summed E-state index contributed by atoms with van der Waals surface area (Å²) in [6.07, 6.45) is 2.01. The van der Waals surface area contributed by atoms with E-state index in [1.165, 1.54) is 0 Å². The Balaban J connectivity index is 2.39. The molecular weight excluding hydrogens is 226 g/mol. The maximum absolute atomic E-state index is 12.1. The second-order valence-electron chi connectivity index (χ2n) is 7.15. The summed E-state index contributed by atoms with van der Waals surface area (Å²) in [4.78, 5) is 18.1. The smallest absolute Gasteiger partial charge is 0.346 e. The summed E-state index contributed by atoms with van der Waals surface area (Å²) >= 11 is 0. The molecule has 1 aliphatic carbocycles. The molecule has 1 aliphatic heterocycles. The molecule has 2 amide bonds. The van der Waals surface area contributed by atoms with Gasteiger partial charge >= 0.3 is 6.03 Å². The highest BCUT2D eigenvalue weighted by molar-refractivity contribution is 6.06. The van der Waals surface area contributed by atoms with E-state index in [0.717, 1.165) is 19.4 Å². The fraction of sp³-hybridized carbons (Fsp3) is 0.857. The van der Waals surface area contributed by atoms with E-state index in [2.05, 4.69) is 39.6 Å². The fourth-order valence-corrected chi connectivity index (χ4v) is 3.85. The van der Waals surface area contributed by atoms with Crippen LogP contribution >= 0.6 is 0 Å². The van der Waals surface area contributed by atoms with E-state index in [4.69, 9.17) is 5.73 Å². The minimum Gasteiger partial charge on any atom is -0.385 e. The molecule has 2 atom stereocenters.